The van der Waals surface area contributed by atoms with E-state index in [9.17, 15) is 10.2 Å². The summed E-state index contributed by atoms with van der Waals surface area (Å²) < 4.78 is 0. The van der Waals surface area contributed by atoms with Gasteiger partial charge in [0.25, 0.3) is 0 Å². The lowest BCUT2D eigenvalue weighted by Gasteiger charge is -2.07. The number of aryl methyl sites for hydroxylation is 1. The molecule has 4 aromatic carbocycles. The summed E-state index contributed by atoms with van der Waals surface area (Å²) in [6.07, 6.45) is 4.45. The van der Waals surface area contributed by atoms with Crippen LogP contribution in [0.2, 0.25) is 0 Å². The van der Waals surface area contributed by atoms with Gasteiger partial charge in [-0.2, -0.15) is 0 Å². The van der Waals surface area contributed by atoms with Crippen LogP contribution in [0.3, 0.4) is 0 Å². The monoisotopic (exact) mass is 422 g/mol. The molecule has 162 valence electrons. The van der Waals surface area contributed by atoms with E-state index in [1.165, 1.54) is 11.1 Å². The van der Waals surface area contributed by atoms with Gasteiger partial charge in [-0.1, -0.05) is 92.2 Å². The highest BCUT2D eigenvalue weighted by atomic mass is 16.3. The molecule has 0 aromatic heterocycles. The van der Waals surface area contributed by atoms with Gasteiger partial charge in [-0.25, -0.2) is 0 Å². The van der Waals surface area contributed by atoms with Gasteiger partial charge in [0.1, 0.15) is 11.5 Å². The molecular weight excluding hydrogens is 392 g/mol. The third-order valence-corrected chi connectivity index (χ3v) is 5.26. The highest BCUT2D eigenvalue weighted by Gasteiger charge is 2.04. The van der Waals surface area contributed by atoms with E-state index in [0.29, 0.717) is 17.9 Å². The van der Waals surface area contributed by atoms with Gasteiger partial charge in [-0.05, 0) is 70.5 Å². The summed E-state index contributed by atoms with van der Waals surface area (Å²) in [5, 5.41) is 19.4. The number of allylic oxidation sites excluding steroid dienone is 1. The number of hydrogen-bond donors (Lipinski definition) is 2. The highest BCUT2D eigenvalue weighted by Crippen LogP contribution is 2.27. The first kappa shape index (κ1) is 22.9. The molecule has 0 amide bonds. The van der Waals surface area contributed by atoms with Crippen molar-refractivity contribution in [2.45, 2.75) is 26.2 Å². The van der Waals surface area contributed by atoms with Crippen molar-refractivity contribution in [1.29, 1.82) is 0 Å². The summed E-state index contributed by atoms with van der Waals surface area (Å²) in [5.41, 5.74) is 6.59. The summed E-state index contributed by atoms with van der Waals surface area (Å²) in [6, 6.07) is 31.9. The van der Waals surface area contributed by atoms with Gasteiger partial charge in [0.05, 0.1) is 0 Å². The van der Waals surface area contributed by atoms with Crippen LogP contribution in [0.15, 0.2) is 110 Å². The normalized spacial score (nSPS) is 10.2. The van der Waals surface area contributed by atoms with E-state index in [2.05, 4.69) is 43.8 Å². The topological polar surface area (TPSA) is 40.5 Å². The number of rotatable bonds is 6. The van der Waals surface area contributed by atoms with Crippen LogP contribution in [0.1, 0.15) is 24.5 Å². The largest absolute Gasteiger partial charge is 0.508 e. The summed E-state index contributed by atoms with van der Waals surface area (Å²) in [7, 11) is 0. The van der Waals surface area contributed by atoms with Crippen molar-refractivity contribution in [2.75, 3.05) is 0 Å². The van der Waals surface area contributed by atoms with E-state index in [1.807, 2.05) is 54.6 Å². The molecule has 32 heavy (non-hydrogen) atoms. The zero-order valence-electron chi connectivity index (χ0n) is 18.5. The fourth-order valence-electron chi connectivity index (χ4n) is 3.58. The second-order valence-electron chi connectivity index (χ2n) is 7.66. The standard InChI is InChI=1S/C15H16O.C15H14O/c2*1-2-6-14-11-13(9-10-15(14)16)12-7-4-3-5-8-12/h3-5,7-11,16H,2,6H2,1H3;2-5,7-11,16H,1,6H2. The van der Waals surface area contributed by atoms with Crippen molar-refractivity contribution in [3.8, 4) is 33.8 Å². The van der Waals surface area contributed by atoms with Gasteiger partial charge in [0.15, 0.2) is 0 Å². The maximum absolute atomic E-state index is 9.71. The Morgan fingerprint density at radius 2 is 1.09 bits per heavy atom. The fraction of sp³-hybridized carbons (Fsp3) is 0.133. The van der Waals surface area contributed by atoms with Crippen LogP contribution >= 0.6 is 0 Å². The smallest absolute Gasteiger partial charge is 0.119 e. The van der Waals surface area contributed by atoms with Gasteiger partial charge < -0.3 is 10.2 Å². The Bertz CT molecular complexity index is 1130. The molecule has 0 saturated carbocycles. The minimum atomic E-state index is 0.333. The van der Waals surface area contributed by atoms with E-state index >= 15 is 0 Å². The summed E-state index contributed by atoms with van der Waals surface area (Å²) >= 11 is 0. The molecule has 0 unspecified atom stereocenters. The molecule has 0 spiro atoms. The second kappa shape index (κ2) is 11.6. The third-order valence-electron chi connectivity index (χ3n) is 5.26. The molecule has 0 fully saturated rings. The number of aromatic hydroxyl groups is 2. The minimum absolute atomic E-state index is 0.333. The maximum atomic E-state index is 9.71. The Kier molecular flexibility index (Phi) is 8.28. The van der Waals surface area contributed by atoms with Crippen molar-refractivity contribution in [1.82, 2.24) is 0 Å². The van der Waals surface area contributed by atoms with Crippen LogP contribution in [-0.2, 0) is 12.8 Å². The zero-order valence-corrected chi connectivity index (χ0v) is 18.5. The van der Waals surface area contributed by atoms with Gasteiger partial charge >= 0.3 is 0 Å². The average Bonchev–Trinajstić information content (AvgIpc) is 2.84. The molecule has 0 atom stereocenters. The summed E-state index contributed by atoms with van der Waals surface area (Å²) in [4.78, 5) is 0. The van der Waals surface area contributed by atoms with Crippen LogP contribution in [0.5, 0.6) is 11.5 Å². The van der Waals surface area contributed by atoms with E-state index in [1.54, 1.807) is 18.2 Å². The third kappa shape index (κ3) is 6.12. The molecule has 0 radical (unpaired) electrons. The quantitative estimate of drug-likeness (QED) is 0.311. The molecular formula is C30H30O2. The Morgan fingerprint density at radius 3 is 1.56 bits per heavy atom. The van der Waals surface area contributed by atoms with Crippen molar-refractivity contribution in [2.24, 2.45) is 0 Å². The van der Waals surface area contributed by atoms with Crippen LogP contribution in [-0.4, -0.2) is 10.2 Å². The first-order chi connectivity index (χ1) is 15.6. The number of phenols is 2. The molecule has 2 heteroatoms. The molecule has 2 nitrogen and oxygen atoms in total. The molecule has 2 N–H and O–H groups in total. The van der Waals surface area contributed by atoms with Crippen LogP contribution in [0.4, 0.5) is 0 Å². The molecule has 4 rings (SSSR count). The predicted molar refractivity (Wildman–Crippen MR) is 135 cm³/mol. The number of phenolic OH excluding ortho intramolecular Hbond substituents is 2. The van der Waals surface area contributed by atoms with E-state index < -0.39 is 0 Å². The fourth-order valence-corrected chi connectivity index (χ4v) is 3.58. The molecule has 0 aliphatic rings. The Labute approximate surface area is 191 Å². The lowest BCUT2D eigenvalue weighted by Crippen LogP contribution is -1.86. The Hall–Kier alpha value is -3.78. The highest BCUT2D eigenvalue weighted by molar-refractivity contribution is 5.66. The van der Waals surface area contributed by atoms with Crippen molar-refractivity contribution < 1.29 is 10.2 Å². The number of hydrogen-bond acceptors (Lipinski definition) is 2. The van der Waals surface area contributed by atoms with Crippen molar-refractivity contribution in [3.63, 3.8) is 0 Å². The molecule has 0 bridgehead atoms. The van der Waals surface area contributed by atoms with E-state index in [4.69, 9.17) is 0 Å². The van der Waals surface area contributed by atoms with Gasteiger partial charge in [0, 0.05) is 0 Å². The molecule has 4 aromatic rings. The van der Waals surface area contributed by atoms with Gasteiger partial charge in [0.2, 0.25) is 0 Å². The van der Waals surface area contributed by atoms with Crippen molar-refractivity contribution >= 4 is 0 Å². The molecule has 0 aliphatic carbocycles. The molecule has 0 heterocycles. The lowest BCUT2D eigenvalue weighted by molar-refractivity contribution is 0.467. The van der Waals surface area contributed by atoms with Crippen LogP contribution in [0.25, 0.3) is 22.3 Å². The van der Waals surface area contributed by atoms with E-state index in [0.717, 1.165) is 35.1 Å². The van der Waals surface area contributed by atoms with Crippen molar-refractivity contribution in [3.05, 3.63) is 121 Å². The van der Waals surface area contributed by atoms with Gasteiger partial charge in [-0.15, -0.1) is 6.58 Å². The first-order valence-corrected chi connectivity index (χ1v) is 11.0. The Balaban J connectivity index is 0.000000181. The second-order valence-corrected chi connectivity index (χ2v) is 7.66. The minimum Gasteiger partial charge on any atom is -0.508 e. The lowest BCUT2D eigenvalue weighted by atomic mass is 10.0. The summed E-state index contributed by atoms with van der Waals surface area (Å²) in [5.74, 6) is 0.737. The molecule has 0 saturated heterocycles. The molecule has 0 aliphatic heterocycles. The van der Waals surface area contributed by atoms with E-state index in [-0.39, 0.29) is 0 Å². The van der Waals surface area contributed by atoms with Crippen LogP contribution < -0.4 is 0 Å². The Morgan fingerprint density at radius 1 is 0.625 bits per heavy atom. The maximum Gasteiger partial charge on any atom is 0.119 e. The zero-order chi connectivity index (χ0) is 22.8. The van der Waals surface area contributed by atoms with Gasteiger partial charge in [-0.3, -0.25) is 0 Å². The van der Waals surface area contributed by atoms with Crippen LogP contribution in [0, 0.1) is 0 Å². The number of benzene rings is 4. The predicted octanol–water partition coefficient (Wildman–Crippen LogP) is 7.80. The SMILES string of the molecule is C=CCc1cc(-c2ccccc2)ccc1O.CCCc1cc(-c2ccccc2)ccc1O. The average molecular weight is 423 g/mol. The summed E-state index contributed by atoms with van der Waals surface area (Å²) in [6.45, 7) is 5.81. The first-order valence-electron chi connectivity index (χ1n) is 11.0.